The number of nitrogens with two attached hydrogens (primary N) is 2. The molecule has 23 heavy (non-hydrogen) atoms. The maximum atomic E-state index is 9.26. The summed E-state index contributed by atoms with van der Waals surface area (Å²) < 4.78 is 15.8. The van der Waals surface area contributed by atoms with Crippen molar-refractivity contribution in [2.45, 2.75) is 0 Å². The smallest absolute Gasteiger partial charge is 0.222 e. The maximum Gasteiger partial charge on any atom is 0.222 e. The first-order chi connectivity index (χ1) is 11.1. The van der Waals surface area contributed by atoms with E-state index >= 15 is 0 Å². The van der Waals surface area contributed by atoms with Crippen LogP contribution in [0.15, 0.2) is 18.2 Å². The Morgan fingerprint density at radius 1 is 1.13 bits per heavy atom. The molecule has 0 spiro atoms. The number of hydrogen-bond donors (Lipinski definition) is 2. The summed E-state index contributed by atoms with van der Waals surface area (Å²) in [4.78, 5) is 7.90. The van der Waals surface area contributed by atoms with Crippen LogP contribution in [-0.2, 0) is 4.74 Å². The molecule has 0 fully saturated rings. The molecule has 0 bridgehead atoms. The fourth-order valence-electron chi connectivity index (χ4n) is 1.98. The second-order valence-electron chi connectivity index (χ2n) is 4.51. The van der Waals surface area contributed by atoms with Crippen LogP contribution in [0.1, 0.15) is 5.56 Å². The van der Waals surface area contributed by atoms with Gasteiger partial charge in [-0.2, -0.15) is 10.2 Å². The van der Waals surface area contributed by atoms with Gasteiger partial charge >= 0.3 is 0 Å². The van der Waals surface area contributed by atoms with Crippen molar-refractivity contribution in [3.63, 3.8) is 0 Å². The van der Waals surface area contributed by atoms with Gasteiger partial charge < -0.3 is 25.7 Å². The molecule has 1 heterocycles. The lowest BCUT2D eigenvalue weighted by atomic mass is 10.1. The number of benzene rings is 1. The zero-order chi connectivity index (χ0) is 16.8. The van der Waals surface area contributed by atoms with Gasteiger partial charge in [0, 0.05) is 12.7 Å². The fraction of sp³-hybridized carbons (Fsp3) is 0.267. The molecule has 1 aromatic carbocycles. The summed E-state index contributed by atoms with van der Waals surface area (Å²) in [5.74, 6) is 1.09. The molecule has 120 valence electrons. The van der Waals surface area contributed by atoms with Gasteiger partial charge in [0.05, 0.1) is 19.4 Å². The minimum absolute atomic E-state index is 0.00381. The molecule has 8 nitrogen and oxygen atoms in total. The predicted octanol–water partition coefficient (Wildman–Crippen LogP) is 1.21. The van der Waals surface area contributed by atoms with E-state index in [-0.39, 0.29) is 17.3 Å². The van der Waals surface area contributed by atoms with Crippen LogP contribution in [0.4, 0.5) is 11.8 Å². The van der Waals surface area contributed by atoms with Gasteiger partial charge in [0.15, 0.2) is 11.5 Å². The molecule has 0 radical (unpaired) electrons. The number of hydrogen-bond acceptors (Lipinski definition) is 8. The highest BCUT2D eigenvalue weighted by atomic mass is 16.5. The summed E-state index contributed by atoms with van der Waals surface area (Å²) in [7, 11) is 3.12. The molecule has 0 atom stereocenters. The molecule has 8 heteroatoms. The number of anilines is 2. The molecule has 0 unspecified atom stereocenters. The average molecular weight is 315 g/mol. The number of nitrogens with zero attached hydrogens (tertiary/aromatic N) is 3. The minimum Gasteiger partial charge on any atom is -0.493 e. The lowest BCUT2D eigenvalue weighted by Crippen LogP contribution is -2.06. The Hall–Kier alpha value is -3.05. The fourth-order valence-corrected chi connectivity index (χ4v) is 1.98. The number of rotatable bonds is 6. The zero-order valence-corrected chi connectivity index (χ0v) is 12.9. The van der Waals surface area contributed by atoms with E-state index in [1.807, 2.05) is 6.07 Å². The molecule has 0 amide bonds. The first kappa shape index (κ1) is 16.3. The van der Waals surface area contributed by atoms with Gasteiger partial charge in [-0.05, 0) is 18.2 Å². The van der Waals surface area contributed by atoms with Crippen LogP contribution in [0.5, 0.6) is 11.5 Å². The Morgan fingerprint density at radius 2 is 1.91 bits per heavy atom. The van der Waals surface area contributed by atoms with E-state index in [0.29, 0.717) is 36.0 Å². The number of methoxy groups -OCH3 is 2. The van der Waals surface area contributed by atoms with Crippen LogP contribution in [0.25, 0.3) is 11.3 Å². The van der Waals surface area contributed by atoms with E-state index in [4.69, 9.17) is 25.7 Å². The first-order valence-corrected chi connectivity index (χ1v) is 6.74. The first-order valence-electron chi connectivity index (χ1n) is 6.74. The quantitative estimate of drug-likeness (QED) is 0.761. The molecule has 2 rings (SSSR count). The third-order valence-electron chi connectivity index (χ3n) is 3.05. The van der Waals surface area contributed by atoms with Gasteiger partial charge in [-0.25, -0.2) is 4.98 Å². The van der Waals surface area contributed by atoms with Crippen molar-refractivity contribution in [3.8, 4) is 28.8 Å². The Balaban J connectivity index is 2.44. The van der Waals surface area contributed by atoms with Gasteiger partial charge in [-0.1, -0.05) is 0 Å². The molecular weight excluding hydrogens is 298 g/mol. The molecule has 0 aliphatic rings. The van der Waals surface area contributed by atoms with Crippen LogP contribution in [0.2, 0.25) is 0 Å². The van der Waals surface area contributed by atoms with E-state index in [9.17, 15) is 5.26 Å². The standard InChI is InChI=1S/C15H17N5O3/c1-21-5-6-23-11-4-3-9(7-12(11)22-2)13-10(8-16)14(17)20-15(18)19-13/h3-4,7H,5-6H2,1-2H3,(H4,17,18,19,20). The third-order valence-corrected chi connectivity index (χ3v) is 3.05. The van der Waals surface area contributed by atoms with Gasteiger partial charge in [-0.15, -0.1) is 0 Å². The summed E-state index contributed by atoms with van der Waals surface area (Å²) >= 11 is 0. The molecule has 1 aromatic heterocycles. The van der Waals surface area contributed by atoms with E-state index < -0.39 is 0 Å². The largest absolute Gasteiger partial charge is 0.493 e. The zero-order valence-electron chi connectivity index (χ0n) is 12.9. The van der Waals surface area contributed by atoms with Crippen LogP contribution in [0.3, 0.4) is 0 Å². The normalized spacial score (nSPS) is 10.1. The highest BCUT2D eigenvalue weighted by Crippen LogP contribution is 2.34. The van der Waals surface area contributed by atoms with Crippen LogP contribution < -0.4 is 20.9 Å². The number of nitrogen functional groups attached to an aromatic ring is 2. The van der Waals surface area contributed by atoms with Crippen LogP contribution >= 0.6 is 0 Å². The van der Waals surface area contributed by atoms with Crippen molar-refractivity contribution in [1.82, 2.24) is 9.97 Å². The summed E-state index contributed by atoms with van der Waals surface area (Å²) in [6.45, 7) is 0.853. The van der Waals surface area contributed by atoms with Crippen molar-refractivity contribution >= 4 is 11.8 Å². The summed E-state index contributed by atoms with van der Waals surface area (Å²) in [6, 6.07) is 7.15. The number of ether oxygens (including phenoxy) is 3. The molecule has 2 aromatic rings. The van der Waals surface area contributed by atoms with Gasteiger partial charge in [0.2, 0.25) is 5.95 Å². The van der Waals surface area contributed by atoms with E-state index in [1.54, 1.807) is 25.3 Å². The molecule has 0 aliphatic carbocycles. The topological polar surface area (TPSA) is 129 Å². The summed E-state index contributed by atoms with van der Waals surface area (Å²) in [5.41, 5.74) is 12.5. The molecule has 0 saturated carbocycles. The predicted molar refractivity (Wildman–Crippen MR) is 84.9 cm³/mol. The second kappa shape index (κ2) is 7.29. The van der Waals surface area contributed by atoms with Gasteiger partial charge in [-0.3, -0.25) is 0 Å². The number of nitriles is 1. The third kappa shape index (κ3) is 3.59. The molecule has 4 N–H and O–H groups in total. The summed E-state index contributed by atoms with van der Waals surface area (Å²) in [5, 5.41) is 9.26. The summed E-state index contributed by atoms with van der Waals surface area (Å²) in [6.07, 6.45) is 0. The molecule has 0 saturated heterocycles. The van der Waals surface area contributed by atoms with Crippen molar-refractivity contribution in [2.75, 3.05) is 38.9 Å². The lowest BCUT2D eigenvalue weighted by molar-refractivity contribution is 0.144. The monoisotopic (exact) mass is 315 g/mol. The maximum absolute atomic E-state index is 9.26. The van der Waals surface area contributed by atoms with Gasteiger partial charge in [0.25, 0.3) is 0 Å². The average Bonchev–Trinajstić information content (AvgIpc) is 2.54. The Morgan fingerprint density at radius 3 is 2.57 bits per heavy atom. The van der Waals surface area contributed by atoms with Crippen LogP contribution in [-0.4, -0.2) is 37.4 Å². The highest BCUT2D eigenvalue weighted by molar-refractivity contribution is 5.74. The SMILES string of the molecule is COCCOc1ccc(-c2nc(N)nc(N)c2C#N)cc1OC. The van der Waals surface area contributed by atoms with E-state index in [2.05, 4.69) is 9.97 Å². The van der Waals surface area contributed by atoms with Crippen molar-refractivity contribution in [3.05, 3.63) is 23.8 Å². The molecular formula is C15H17N5O3. The van der Waals surface area contributed by atoms with Gasteiger partial charge in [0.1, 0.15) is 24.1 Å². The highest BCUT2D eigenvalue weighted by Gasteiger charge is 2.15. The Bertz CT molecular complexity index is 743. The Kier molecular flexibility index (Phi) is 5.17. The molecule has 0 aliphatic heterocycles. The minimum atomic E-state index is -0.00381. The van der Waals surface area contributed by atoms with Crippen molar-refractivity contribution in [1.29, 1.82) is 5.26 Å². The van der Waals surface area contributed by atoms with Crippen molar-refractivity contribution < 1.29 is 14.2 Å². The lowest BCUT2D eigenvalue weighted by Gasteiger charge is -2.13. The Labute approximate surface area is 133 Å². The van der Waals surface area contributed by atoms with Crippen molar-refractivity contribution in [2.24, 2.45) is 0 Å². The number of aromatic nitrogens is 2. The van der Waals surface area contributed by atoms with E-state index in [1.165, 1.54) is 7.11 Å². The second-order valence-corrected chi connectivity index (χ2v) is 4.51. The van der Waals surface area contributed by atoms with E-state index in [0.717, 1.165) is 0 Å². The van der Waals surface area contributed by atoms with Crippen LogP contribution in [0, 0.1) is 11.3 Å².